The van der Waals surface area contributed by atoms with Gasteiger partial charge in [0.05, 0.1) is 5.70 Å². The maximum atomic E-state index is 13.1. The molecule has 0 saturated carbocycles. The smallest absolute Gasteiger partial charge is 0.194 e. The summed E-state index contributed by atoms with van der Waals surface area (Å²) in [7, 11) is 0. The second kappa shape index (κ2) is 8.77. The van der Waals surface area contributed by atoms with Gasteiger partial charge in [-0.1, -0.05) is 44.2 Å². The number of benzene rings is 1. The van der Waals surface area contributed by atoms with Crippen molar-refractivity contribution >= 4 is 11.6 Å². The maximum absolute atomic E-state index is 13.1. The number of Topliss-reactive ketones (excluding diaryl/α,β-unsaturated/α-hetero) is 1. The largest absolute Gasteiger partial charge is 0.373 e. The monoisotopic (exact) mass is 340 g/mol. The van der Waals surface area contributed by atoms with Crippen LogP contribution in [0.15, 0.2) is 53.8 Å². The van der Waals surface area contributed by atoms with E-state index in [0.717, 1.165) is 31.9 Å². The topological polar surface area (TPSA) is 40.6 Å². The van der Waals surface area contributed by atoms with Gasteiger partial charge in [0.1, 0.15) is 6.04 Å². The highest BCUT2D eigenvalue weighted by atomic mass is 16.1. The molecule has 1 aliphatic rings. The number of hydrogen-bond acceptors (Lipinski definition) is 4. The third-order valence-corrected chi connectivity index (χ3v) is 4.78. The molecule has 0 radical (unpaired) electrons. The van der Waals surface area contributed by atoms with Gasteiger partial charge in [0.2, 0.25) is 0 Å². The highest BCUT2D eigenvalue weighted by molar-refractivity contribution is 6.14. The predicted octanol–water partition coefficient (Wildman–Crippen LogP) is 3.31. The molecule has 2 rings (SSSR count). The Kier molecular flexibility index (Phi) is 6.71. The van der Waals surface area contributed by atoms with Gasteiger partial charge >= 0.3 is 0 Å². The van der Waals surface area contributed by atoms with Gasteiger partial charge in [-0.3, -0.25) is 14.5 Å². The van der Waals surface area contributed by atoms with Crippen molar-refractivity contribution in [3.8, 4) is 0 Å². The van der Waals surface area contributed by atoms with Crippen LogP contribution >= 0.6 is 0 Å². The Morgan fingerprint density at radius 1 is 0.920 bits per heavy atom. The average molecular weight is 340 g/mol. The molecule has 0 fully saturated rings. The minimum Gasteiger partial charge on any atom is -0.373 e. The summed E-state index contributed by atoms with van der Waals surface area (Å²) >= 11 is 0. The molecule has 0 aromatic heterocycles. The van der Waals surface area contributed by atoms with Gasteiger partial charge in [-0.15, -0.1) is 0 Å². The van der Waals surface area contributed by atoms with Crippen LogP contribution in [0.5, 0.6) is 0 Å². The molecule has 0 spiro atoms. The van der Waals surface area contributed by atoms with Crippen molar-refractivity contribution in [1.82, 2.24) is 9.80 Å². The fourth-order valence-electron chi connectivity index (χ4n) is 3.41. The third-order valence-electron chi connectivity index (χ3n) is 4.78. The number of ketones is 2. The number of likely N-dealkylation sites (N-methyl/N-ethyl adjacent to an activating group) is 2. The second-order valence-electron chi connectivity index (χ2n) is 6.03. The molecule has 1 aliphatic carbocycles. The molecule has 4 heteroatoms. The molecule has 0 N–H and O–H groups in total. The summed E-state index contributed by atoms with van der Waals surface area (Å²) in [6.07, 6.45) is 3.26. The first-order chi connectivity index (χ1) is 12.1. The molecular formula is C21H28N2O2. The number of carbonyl (C=O) groups is 2. The van der Waals surface area contributed by atoms with Crippen molar-refractivity contribution in [1.29, 1.82) is 0 Å². The molecule has 0 heterocycles. The van der Waals surface area contributed by atoms with Gasteiger partial charge in [0.25, 0.3) is 0 Å². The molecule has 0 saturated heterocycles. The fourth-order valence-corrected chi connectivity index (χ4v) is 3.41. The number of allylic oxidation sites excluding steroid dienone is 2. The molecule has 0 bridgehead atoms. The van der Waals surface area contributed by atoms with Crippen LogP contribution in [-0.4, -0.2) is 53.6 Å². The van der Waals surface area contributed by atoms with E-state index >= 15 is 0 Å². The van der Waals surface area contributed by atoms with E-state index in [1.807, 2.05) is 44.2 Å². The molecule has 0 amide bonds. The van der Waals surface area contributed by atoms with Crippen molar-refractivity contribution in [3.63, 3.8) is 0 Å². The van der Waals surface area contributed by atoms with Gasteiger partial charge in [0.15, 0.2) is 11.6 Å². The summed E-state index contributed by atoms with van der Waals surface area (Å²) in [5.74, 6) is 0.0265. The van der Waals surface area contributed by atoms with Crippen molar-refractivity contribution in [2.45, 2.75) is 33.7 Å². The summed E-state index contributed by atoms with van der Waals surface area (Å²) in [6, 6.07) is 8.89. The van der Waals surface area contributed by atoms with Crippen LogP contribution in [0.25, 0.3) is 0 Å². The Balaban J connectivity index is 2.61. The van der Waals surface area contributed by atoms with E-state index < -0.39 is 0 Å². The Morgan fingerprint density at radius 2 is 1.52 bits per heavy atom. The Labute approximate surface area is 150 Å². The Bertz CT molecular complexity index is 668. The molecule has 0 aliphatic heterocycles. The van der Waals surface area contributed by atoms with Crippen molar-refractivity contribution in [2.24, 2.45) is 0 Å². The molecule has 1 aromatic rings. The van der Waals surface area contributed by atoms with Gasteiger partial charge in [-0.2, -0.15) is 0 Å². The highest BCUT2D eigenvalue weighted by Crippen LogP contribution is 2.27. The van der Waals surface area contributed by atoms with Crippen LogP contribution in [0.4, 0.5) is 0 Å². The molecule has 134 valence electrons. The standard InChI is InChI=1S/C21H28N2O2/c1-5-22(6-2)19-17(21(25)16-12-10-9-11-13-16)14-15-18(24)20(19)23(7-3)8-4/h9-15,20H,5-8H2,1-4H3. The number of hydrogen-bond donors (Lipinski definition) is 0. The summed E-state index contributed by atoms with van der Waals surface area (Å²) in [6.45, 7) is 11.3. The maximum Gasteiger partial charge on any atom is 0.194 e. The second-order valence-corrected chi connectivity index (χ2v) is 6.03. The lowest BCUT2D eigenvalue weighted by Crippen LogP contribution is -2.48. The van der Waals surface area contributed by atoms with E-state index in [4.69, 9.17) is 0 Å². The van der Waals surface area contributed by atoms with E-state index in [1.54, 1.807) is 12.2 Å². The molecule has 1 aromatic carbocycles. The molecular weight excluding hydrogens is 312 g/mol. The third kappa shape index (κ3) is 3.90. The van der Waals surface area contributed by atoms with Gasteiger partial charge in [0, 0.05) is 24.2 Å². The Hall–Kier alpha value is -2.20. The van der Waals surface area contributed by atoms with Gasteiger partial charge in [-0.05, 0) is 39.1 Å². The van der Waals surface area contributed by atoms with E-state index in [9.17, 15) is 9.59 Å². The summed E-state index contributed by atoms with van der Waals surface area (Å²) in [4.78, 5) is 30.1. The zero-order valence-corrected chi connectivity index (χ0v) is 15.7. The van der Waals surface area contributed by atoms with E-state index in [0.29, 0.717) is 11.1 Å². The Morgan fingerprint density at radius 3 is 2.04 bits per heavy atom. The quantitative estimate of drug-likeness (QED) is 0.681. The lowest BCUT2D eigenvalue weighted by molar-refractivity contribution is -0.119. The zero-order chi connectivity index (χ0) is 18.4. The molecule has 1 atom stereocenters. The first kappa shape index (κ1) is 19.1. The fraction of sp³-hybridized carbons (Fsp3) is 0.429. The number of nitrogens with zero attached hydrogens (tertiary/aromatic N) is 2. The predicted molar refractivity (Wildman–Crippen MR) is 102 cm³/mol. The molecule has 1 unspecified atom stereocenters. The lowest BCUT2D eigenvalue weighted by atomic mass is 9.90. The average Bonchev–Trinajstić information content (AvgIpc) is 2.65. The highest BCUT2D eigenvalue weighted by Gasteiger charge is 2.35. The van der Waals surface area contributed by atoms with E-state index in [-0.39, 0.29) is 17.6 Å². The summed E-state index contributed by atoms with van der Waals surface area (Å²) < 4.78 is 0. The lowest BCUT2D eigenvalue weighted by Gasteiger charge is -2.38. The van der Waals surface area contributed by atoms with Gasteiger partial charge in [-0.25, -0.2) is 0 Å². The van der Waals surface area contributed by atoms with Crippen LogP contribution < -0.4 is 0 Å². The van der Waals surface area contributed by atoms with Crippen LogP contribution in [0.1, 0.15) is 38.1 Å². The molecule has 25 heavy (non-hydrogen) atoms. The van der Waals surface area contributed by atoms with Crippen molar-refractivity contribution in [3.05, 3.63) is 59.3 Å². The summed E-state index contributed by atoms with van der Waals surface area (Å²) in [5.41, 5.74) is 2.13. The summed E-state index contributed by atoms with van der Waals surface area (Å²) in [5, 5.41) is 0. The molecule has 4 nitrogen and oxygen atoms in total. The number of rotatable bonds is 8. The van der Waals surface area contributed by atoms with Crippen LogP contribution in [-0.2, 0) is 4.79 Å². The first-order valence-electron chi connectivity index (χ1n) is 9.13. The van der Waals surface area contributed by atoms with Gasteiger partial charge < -0.3 is 4.90 Å². The van der Waals surface area contributed by atoms with E-state index in [1.165, 1.54) is 0 Å². The minimum absolute atomic E-state index is 0.0246. The van der Waals surface area contributed by atoms with Crippen molar-refractivity contribution < 1.29 is 9.59 Å². The normalized spacial score (nSPS) is 17.3. The van der Waals surface area contributed by atoms with Crippen LogP contribution in [0.2, 0.25) is 0 Å². The van der Waals surface area contributed by atoms with Crippen LogP contribution in [0, 0.1) is 0 Å². The minimum atomic E-state index is -0.387. The SMILES string of the molecule is CCN(CC)C1=C(C(=O)c2ccccc2)C=CC(=O)C1N(CC)CC. The first-order valence-corrected chi connectivity index (χ1v) is 9.13. The number of carbonyl (C=O) groups excluding carboxylic acids is 2. The van der Waals surface area contributed by atoms with Crippen LogP contribution in [0.3, 0.4) is 0 Å². The zero-order valence-electron chi connectivity index (χ0n) is 15.7. The van der Waals surface area contributed by atoms with Crippen molar-refractivity contribution in [2.75, 3.05) is 26.2 Å². The van der Waals surface area contributed by atoms with E-state index in [2.05, 4.69) is 23.6 Å².